The van der Waals surface area contributed by atoms with Crippen LogP contribution in [0.2, 0.25) is 0 Å². The second kappa shape index (κ2) is 4.73. The molecular formula is C14H11FN4O. The van der Waals surface area contributed by atoms with Gasteiger partial charge in [-0.15, -0.1) is 0 Å². The van der Waals surface area contributed by atoms with Crippen LogP contribution in [0, 0.1) is 12.7 Å². The fourth-order valence-electron chi connectivity index (χ4n) is 1.95. The van der Waals surface area contributed by atoms with E-state index in [9.17, 15) is 9.18 Å². The summed E-state index contributed by atoms with van der Waals surface area (Å²) in [5.41, 5.74) is 2.32. The van der Waals surface area contributed by atoms with E-state index in [-0.39, 0.29) is 11.7 Å². The third-order valence-electron chi connectivity index (χ3n) is 3.00. The molecule has 6 heteroatoms. The van der Waals surface area contributed by atoms with E-state index in [1.165, 1.54) is 30.5 Å². The van der Waals surface area contributed by atoms with Gasteiger partial charge in [0.1, 0.15) is 5.82 Å². The highest BCUT2D eigenvalue weighted by atomic mass is 19.1. The van der Waals surface area contributed by atoms with Crippen LogP contribution in [0.15, 0.2) is 42.7 Å². The third kappa shape index (κ3) is 2.11. The fourth-order valence-corrected chi connectivity index (χ4v) is 1.95. The Bertz CT molecular complexity index is 779. The van der Waals surface area contributed by atoms with Gasteiger partial charge in [0.15, 0.2) is 5.65 Å². The highest BCUT2D eigenvalue weighted by Gasteiger charge is 2.13. The van der Waals surface area contributed by atoms with Crippen LogP contribution in [-0.2, 0) is 0 Å². The maximum atomic E-state index is 12.8. The van der Waals surface area contributed by atoms with Gasteiger partial charge in [-0.2, -0.15) is 5.10 Å². The lowest BCUT2D eigenvalue weighted by Gasteiger charge is -2.08. The van der Waals surface area contributed by atoms with Gasteiger partial charge in [0, 0.05) is 18.0 Å². The molecule has 1 aromatic carbocycles. The minimum absolute atomic E-state index is 0.306. The van der Waals surface area contributed by atoms with Crippen LogP contribution in [0.1, 0.15) is 16.1 Å². The Kier molecular flexibility index (Phi) is 2.90. The lowest BCUT2D eigenvalue weighted by atomic mass is 10.2. The Morgan fingerprint density at radius 1 is 1.25 bits per heavy atom. The van der Waals surface area contributed by atoms with E-state index in [2.05, 4.69) is 15.4 Å². The molecule has 0 aliphatic carbocycles. The van der Waals surface area contributed by atoms with Crippen molar-refractivity contribution in [3.63, 3.8) is 0 Å². The first-order chi connectivity index (χ1) is 9.65. The van der Waals surface area contributed by atoms with Crippen LogP contribution in [0.3, 0.4) is 0 Å². The summed E-state index contributed by atoms with van der Waals surface area (Å²) in [5, 5.41) is 6.80. The largest absolute Gasteiger partial charge is 0.322 e. The zero-order chi connectivity index (χ0) is 14.1. The smallest absolute Gasteiger partial charge is 0.259 e. The number of amides is 1. The number of nitrogens with one attached hydrogen (secondary N) is 1. The molecule has 20 heavy (non-hydrogen) atoms. The maximum absolute atomic E-state index is 12.8. The quantitative estimate of drug-likeness (QED) is 0.778. The van der Waals surface area contributed by atoms with Crippen molar-refractivity contribution in [3.05, 3.63) is 59.8 Å². The number of hydrogen-bond donors (Lipinski definition) is 1. The predicted octanol–water partition coefficient (Wildman–Crippen LogP) is 2.43. The molecule has 0 radical (unpaired) electrons. The standard InChI is InChI=1S/C14H11FN4O/c1-9-12(8-16-13-6-7-17-19(9)13)14(20)18-11-4-2-10(15)3-5-11/h2-8H,1H3,(H,18,20). The Hall–Kier alpha value is -2.76. The van der Waals surface area contributed by atoms with Gasteiger partial charge in [0.25, 0.3) is 5.91 Å². The van der Waals surface area contributed by atoms with Crippen molar-refractivity contribution in [2.75, 3.05) is 5.32 Å². The normalized spacial score (nSPS) is 10.7. The van der Waals surface area contributed by atoms with E-state index in [1.807, 2.05) is 0 Å². The second-order valence-electron chi connectivity index (χ2n) is 4.32. The minimum Gasteiger partial charge on any atom is -0.322 e. The number of hydrogen-bond acceptors (Lipinski definition) is 3. The summed E-state index contributed by atoms with van der Waals surface area (Å²) >= 11 is 0. The van der Waals surface area contributed by atoms with Crippen LogP contribution >= 0.6 is 0 Å². The first-order valence-corrected chi connectivity index (χ1v) is 6.01. The molecule has 0 bridgehead atoms. The number of carbonyl (C=O) groups is 1. The number of halogens is 1. The third-order valence-corrected chi connectivity index (χ3v) is 3.00. The number of carbonyl (C=O) groups excluding carboxylic acids is 1. The summed E-state index contributed by atoms with van der Waals surface area (Å²) in [6, 6.07) is 7.34. The van der Waals surface area contributed by atoms with E-state index >= 15 is 0 Å². The van der Waals surface area contributed by atoms with Gasteiger partial charge in [-0.05, 0) is 31.2 Å². The maximum Gasteiger partial charge on any atom is 0.259 e. The number of anilines is 1. The molecule has 1 N–H and O–H groups in total. The lowest BCUT2D eigenvalue weighted by Crippen LogP contribution is -2.16. The molecule has 2 aromatic heterocycles. The summed E-state index contributed by atoms with van der Waals surface area (Å²) in [7, 11) is 0. The minimum atomic E-state index is -0.348. The van der Waals surface area contributed by atoms with Crippen LogP contribution in [-0.4, -0.2) is 20.5 Å². The number of rotatable bonds is 2. The van der Waals surface area contributed by atoms with Crippen LogP contribution in [0.25, 0.3) is 5.65 Å². The number of fused-ring (bicyclic) bond motifs is 1. The van der Waals surface area contributed by atoms with Crippen molar-refractivity contribution in [2.45, 2.75) is 6.92 Å². The SMILES string of the molecule is Cc1c(C(=O)Nc2ccc(F)cc2)cnc2ccnn12. The van der Waals surface area contributed by atoms with Gasteiger partial charge in [-0.25, -0.2) is 13.9 Å². The van der Waals surface area contributed by atoms with E-state index in [1.54, 1.807) is 23.7 Å². The highest BCUT2D eigenvalue weighted by molar-refractivity contribution is 6.04. The second-order valence-corrected chi connectivity index (χ2v) is 4.32. The van der Waals surface area contributed by atoms with Crippen molar-refractivity contribution in [1.82, 2.24) is 14.6 Å². The first kappa shape index (κ1) is 12.3. The molecule has 0 spiro atoms. The molecule has 0 fully saturated rings. The molecule has 0 atom stereocenters. The summed E-state index contributed by atoms with van der Waals surface area (Å²) in [4.78, 5) is 16.4. The van der Waals surface area contributed by atoms with Gasteiger partial charge in [-0.3, -0.25) is 4.79 Å². The van der Waals surface area contributed by atoms with Gasteiger partial charge >= 0.3 is 0 Å². The lowest BCUT2D eigenvalue weighted by molar-refractivity contribution is 0.102. The van der Waals surface area contributed by atoms with Crippen molar-refractivity contribution in [2.24, 2.45) is 0 Å². The summed E-state index contributed by atoms with van der Waals surface area (Å²) in [5.74, 6) is -0.655. The molecule has 0 saturated carbocycles. The fraction of sp³-hybridized carbons (Fsp3) is 0.0714. The average molecular weight is 270 g/mol. The molecule has 0 aliphatic heterocycles. The van der Waals surface area contributed by atoms with Gasteiger partial charge in [0.05, 0.1) is 17.5 Å². The molecule has 0 aliphatic rings. The summed E-state index contributed by atoms with van der Waals surface area (Å²) in [6.07, 6.45) is 3.13. The van der Waals surface area contributed by atoms with E-state index in [0.717, 1.165) is 0 Å². The Morgan fingerprint density at radius 2 is 2.00 bits per heavy atom. The number of benzene rings is 1. The monoisotopic (exact) mass is 270 g/mol. The zero-order valence-corrected chi connectivity index (χ0v) is 10.7. The summed E-state index contributed by atoms with van der Waals surface area (Å²) in [6.45, 7) is 1.79. The number of nitrogens with zero attached hydrogens (tertiary/aromatic N) is 3. The van der Waals surface area contributed by atoms with E-state index < -0.39 is 0 Å². The van der Waals surface area contributed by atoms with Gasteiger partial charge < -0.3 is 5.32 Å². The van der Waals surface area contributed by atoms with Crippen molar-refractivity contribution < 1.29 is 9.18 Å². The molecule has 0 saturated heterocycles. The van der Waals surface area contributed by atoms with Crippen molar-refractivity contribution in [1.29, 1.82) is 0 Å². The molecule has 100 valence electrons. The average Bonchev–Trinajstić information content (AvgIpc) is 2.91. The van der Waals surface area contributed by atoms with Crippen LogP contribution < -0.4 is 5.32 Å². The van der Waals surface area contributed by atoms with Gasteiger partial charge in [0.2, 0.25) is 0 Å². The molecule has 0 unspecified atom stereocenters. The van der Waals surface area contributed by atoms with E-state index in [4.69, 9.17) is 0 Å². The number of aromatic nitrogens is 3. The topological polar surface area (TPSA) is 59.3 Å². The first-order valence-electron chi connectivity index (χ1n) is 6.01. The van der Waals surface area contributed by atoms with Crippen LogP contribution in [0.5, 0.6) is 0 Å². The molecule has 3 rings (SSSR count). The van der Waals surface area contributed by atoms with Crippen LogP contribution in [0.4, 0.5) is 10.1 Å². The predicted molar refractivity (Wildman–Crippen MR) is 72.1 cm³/mol. The molecule has 2 heterocycles. The Balaban J connectivity index is 1.92. The molecule has 3 aromatic rings. The van der Waals surface area contributed by atoms with Crippen molar-refractivity contribution in [3.8, 4) is 0 Å². The Morgan fingerprint density at radius 3 is 2.75 bits per heavy atom. The molecular weight excluding hydrogens is 259 g/mol. The Labute approximate surface area is 114 Å². The number of aryl methyl sites for hydroxylation is 1. The highest BCUT2D eigenvalue weighted by Crippen LogP contribution is 2.13. The van der Waals surface area contributed by atoms with E-state index in [0.29, 0.717) is 22.6 Å². The zero-order valence-electron chi connectivity index (χ0n) is 10.7. The summed E-state index contributed by atoms with van der Waals surface area (Å²) < 4.78 is 14.4. The van der Waals surface area contributed by atoms with Crippen molar-refractivity contribution >= 4 is 17.2 Å². The molecule has 5 nitrogen and oxygen atoms in total. The molecule has 1 amide bonds. The van der Waals surface area contributed by atoms with Gasteiger partial charge in [-0.1, -0.05) is 0 Å².